The smallest absolute Gasteiger partial charge is 0.248 e. The molecule has 3 nitrogen and oxygen atoms in total. The Labute approximate surface area is 89.3 Å². The number of aromatic amines is 1. The van der Waals surface area contributed by atoms with E-state index in [1.165, 1.54) is 0 Å². The topological polar surface area (TPSA) is 45.2 Å². The lowest BCUT2D eigenvalue weighted by Crippen LogP contribution is -2.18. The normalized spacial score (nSPS) is 17.8. The van der Waals surface area contributed by atoms with E-state index in [0.29, 0.717) is 0 Å². The number of fused-ring (bicyclic) bond motifs is 1. The van der Waals surface area contributed by atoms with Crippen LogP contribution in [0.15, 0.2) is 21.9 Å². The van der Waals surface area contributed by atoms with Crippen LogP contribution in [0, 0.1) is 0 Å². The lowest BCUT2D eigenvalue weighted by molar-refractivity contribution is 0.795. The van der Waals surface area contributed by atoms with Crippen LogP contribution < -0.4 is 5.56 Å². The molecule has 1 aliphatic carbocycles. The van der Waals surface area contributed by atoms with E-state index in [2.05, 4.69) is 16.9 Å². The molecule has 1 heterocycles. The molecule has 0 spiro atoms. The van der Waals surface area contributed by atoms with Gasteiger partial charge in [-0.15, -0.1) is 0 Å². The maximum atomic E-state index is 11.2. The van der Waals surface area contributed by atoms with Crippen molar-refractivity contribution in [2.45, 2.75) is 32.6 Å². The Hall–Kier alpha value is -1.38. The minimum Gasteiger partial charge on any atom is -0.326 e. The highest BCUT2D eigenvalue weighted by Crippen LogP contribution is 2.18. The van der Waals surface area contributed by atoms with E-state index in [-0.39, 0.29) is 5.56 Å². The molecule has 0 saturated carbocycles. The molecular weight excluding hydrogens is 188 g/mol. The number of nitrogens with one attached hydrogen (secondary N) is 1. The summed E-state index contributed by atoms with van der Waals surface area (Å²) in [6, 6.07) is 3.49. The van der Waals surface area contributed by atoms with Crippen LogP contribution in [-0.2, 0) is 6.42 Å². The second kappa shape index (κ2) is 4.43. The number of hydrogen-bond donors (Lipinski definition) is 1. The molecule has 0 amide bonds. The summed E-state index contributed by atoms with van der Waals surface area (Å²) in [5.41, 5.74) is 3.36. The van der Waals surface area contributed by atoms with Crippen molar-refractivity contribution in [3.8, 4) is 0 Å². The van der Waals surface area contributed by atoms with Crippen molar-refractivity contribution >= 4 is 5.71 Å². The Morgan fingerprint density at radius 1 is 1.40 bits per heavy atom. The van der Waals surface area contributed by atoms with E-state index < -0.39 is 0 Å². The molecule has 0 fully saturated rings. The van der Waals surface area contributed by atoms with Crippen molar-refractivity contribution < 1.29 is 0 Å². The predicted octanol–water partition coefficient (Wildman–Crippen LogP) is 1.91. The fourth-order valence-corrected chi connectivity index (χ4v) is 1.96. The quantitative estimate of drug-likeness (QED) is 0.785. The lowest BCUT2D eigenvalue weighted by atomic mass is 9.94. The summed E-state index contributed by atoms with van der Waals surface area (Å²) in [6.45, 7) is 3.01. The van der Waals surface area contributed by atoms with Crippen LogP contribution in [-0.4, -0.2) is 17.2 Å². The average molecular weight is 204 g/mol. The van der Waals surface area contributed by atoms with Crippen molar-refractivity contribution in [1.82, 2.24) is 4.98 Å². The SMILES string of the molecule is CCC/N=C1/CCCc2[nH]c(=O)ccc21. The third kappa shape index (κ3) is 2.17. The van der Waals surface area contributed by atoms with Gasteiger partial charge in [-0.3, -0.25) is 9.79 Å². The van der Waals surface area contributed by atoms with Gasteiger partial charge in [-0.1, -0.05) is 6.92 Å². The number of aromatic nitrogens is 1. The summed E-state index contributed by atoms with van der Waals surface area (Å²) in [5.74, 6) is 0. The molecule has 0 atom stereocenters. The molecule has 2 rings (SSSR count). The molecule has 1 N–H and O–H groups in total. The number of H-pyrrole nitrogens is 1. The first-order chi connectivity index (χ1) is 7.31. The number of pyridine rings is 1. The molecule has 0 radical (unpaired) electrons. The van der Waals surface area contributed by atoms with E-state index in [1.54, 1.807) is 6.07 Å². The lowest BCUT2D eigenvalue weighted by Gasteiger charge is -2.17. The summed E-state index contributed by atoms with van der Waals surface area (Å²) in [4.78, 5) is 18.6. The Morgan fingerprint density at radius 2 is 2.27 bits per heavy atom. The molecule has 0 bridgehead atoms. The Kier molecular flexibility index (Phi) is 2.99. The van der Waals surface area contributed by atoms with E-state index in [9.17, 15) is 4.79 Å². The number of aliphatic imine (C=N–C) groups is 1. The van der Waals surface area contributed by atoms with E-state index >= 15 is 0 Å². The monoisotopic (exact) mass is 204 g/mol. The van der Waals surface area contributed by atoms with Crippen molar-refractivity contribution in [2.24, 2.45) is 4.99 Å². The summed E-state index contributed by atoms with van der Waals surface area (Å²) in [7, 11) is 0. The molecule has 80 valence electrons. The summed E-state index contributed by atoms with van der Waals surface area (Å²) in [5, 5.41) is 0. The largest absolute Gasteiger partial charge is 0.326 e. The van der Waals surface area contributed by atoms with Crippen LogP contribution in [0.2, 0.25) is 0 Å². The van der Waals surface area contributed by atoms with Crippen LogP contribution in [0.5, 0.6) is 0 Å². The van der Waals surface area contributed by atoms with Gasteiger partial charge in [0, 0.05) is 29.6 Å². The maximum absolute atomic E-state index is 11.2. The summed E-state index contributed by atoms with van der Waals surface area (Å²) >= 11 is 0. The Bertz CT molecular complexity index is 431. The summed E-state index contributed by atoms with van der Waals surface area (Å²) in [6.07, 6.45) is 4.17. The van der Waals surface area contributed by atoms with Crippen LogP contribution in [0.3, 0.4) is 0 Å². The fourth-order valence-electron chi connectivity index (χ4n) is 1.96. The van der Waals surface area contributed by atoms with Crippen LogP contribution in [0.1, 0.15) is 37.4 Å². The minimum absolute atomic E-state index is 0.00880. The molecule has 0 aliphatic heterocycles. The van der Waals surface area contributed by atoms with Crippen LogP contribution in [0.25, 0.3) is 0 Å². The number of hydrogen-bond acceptors (Lipinski definition) is 2. The number of rotatable bonds is 2. The van der Waals surface area contributed by atoms with Gasteiger partial charge in [0.25, 0.3) is 0 Å². The first-order valence-corrected chi connectivity index (χ1v) is 5.57. The van der Waals surface area contributed by atoms with Gasteiger partial charge in [0.1, 0.15) is 0 Å². The van der Waals surface area contributed by atoms with Gasteiger partial charge in [0.2, 0.25) is 5.56 Å². The molecule has 1 aliphatic rings. The van der Waals surface area contributed by atoms with Gasteiger partial charge in [-0.05, 0) is 31.7 Å². The first-order valence-electron chi connectivity index (χ1n) is 5.57. The Balaban J connectivity index is 2.38. The van der Waals surface area contributed by atoms with Crippen molar-refractivity contribution in [2.75, 3.05) is 6.54 Å². The fraction of sp³-hybridized carbons (Fsp3) is 0.500. The minimum atomic E-state index is -0.00880. The van der Waals surface area contributed by atoms with E-state index in [4.69, 9.17) is 0 Å². The van der Waals surface area contributed by atoms with Gasteiger partial charge < -0.3 is 4.98 Å². The maximum Gasteiger partial charge on any atom is 0.248 e. The van der Waals surface area contributed by atoms with Gasteiger partial charge in [-0.25, -0.2) is 0 Å². The molecule has 15 heavy (non-hydrogen) atoms. The molecule has 3 heteroatoms. The third-order valence-corrected chi connectivity index (χ3v) is 2.68. The van der Waals surface area contributed by atoms with Crippen molar-refractivity contribution in [3.05, 3.63) is 33.7 Å². The third-order valence-electron chi connectivity index (χ3n) is 2.68. The second-order valence-electron chi connectivity index (χ2n) is 3.90. The molecule has 0 aromatic carbocycles. The van der Waals surface area contributed by atoms with Crippen LogP contribution in [0.4, 0.5) is 0 Å². The van der Waals surface area contributed by atoms with Gasteiger partial charge in [0.15, 0.2) is 0 Å². The van der Waals surface area contributed by atoms with E-state index in [1.807, 2.05) is 6.07 Å². The molecule has 1 aromatic rings. The zero-order chi connectivity index (χ0) is 10.7. The zero-order valence-electron chi connectivity index (χ0n) is 9.05. The highest BCUT2D eigenvalue weighted by molar-refractivity contribution is 6.02. The number of nitrogens with zero attached hydrogens (tertiary/aromatic N) is 1. The van der Waals surface area contributed by atoms with Crippen LogP contribution >= 0.6 is 0 Å². The standard InChI is InChI=1S/C12H16N2O/c1-2-8-13-10-4-3-5-11-9(10)6-7-12(15)14-11/h6-7H,2-5,8H2,1H3,(H,14,15)/b13-10-. The highest BCUT2D eigenvalue weighted by atomic mass is 16.1. The highest BCUT2D eigenvalue weighted by Gasteiger charge is 2.15. The Morgan fingerprint density at radius 3 is 3.07 bits per heavy atom. The van der Waals surface area contributed by atoms with Gasteiger partial charge >= 0.3 is 0 Å². The van der Waals surface area contributed by atoms with E-state index in [0.717, 1.165) is 49.2 Å². The molecule has 1 aromatic heterocycles. The second-order valence-corrected chi connectivity index (χ2v) is 3.90. The summed E-state index contributed by atoms with van der Waals surface area (Å²) < 4.78 is 0. The molecular formula is C12H16N2O. The first kappa shape index (κ1) is 10.1. The van der Waals surface area contributed by atoms with Crippen molar-refractivity contribution in [3.63, 3.8) is 0 Å². The van der Waals surface area contributed by atoms with Crippen molar-refractivity contribution in [1.29, 1.82) is 0 Å². The van der Waals surface area contributed by atoms with Gasteiger partial charge in [0.05, 0.1) is 0 Å². The molecule has 0 saturated heterocycles. The van der Waals surface area contributed by atoms with Gasteiger partial charge in [-0.2, -0.15) is 0 Å². The number of aryl methyl sites for hydroxylation is 1. The predicted molar refractivity (Wildman–Crippen MR) is 61.7 cm³/mol. The average Bonchev–Trinajstić information content (AvgIpc) is 2.25. The zero-order valence-corrected chi connectivity index (χ0v) is 9.05. The molecule has 0 unspecified atom stereocenters.